The highest BCUT2D eigenvalue weighted by Gasteiger charge is 2.21. The van der Waals surface area contributed by atoms with E-state index >= 15 is 0 Å². The molecule has 2 rings (SSSR count). The fourth-order valence-corrected chi connectivity index (χ4v) is 3.89. The number of nitrogen functional groups attached to an aromatic ring is 1. The van der Waals surface area contributed by atoms with Gasteiger partial charge in [-0.05, 0) is 53.0 Å². The minimum Gasteiger partial charge on any atom is -0.398 e. The number of nitrogens with two attached hydrogens (primary N) is 1. The molecule has 0 saturated carbocycles. The Kier molecular flexibility index (Phi) is 4.06. The number of anilines is 2. The monoisotopic (exact) mass is 354 g/mol. The van der Waals surface area contributed by atoms with Gasteiger partial charge in [-0.2, -0.15) is 0 Å². The predicted octanol–water partition coefficient (Wildman–Crippen LogP) is 3.45. The van der Waals surface area contributed by atoms with Crippen LogP contribution in [0.1, 0.15) is 11.1 Å². The summed E-state index contributed by atoms with van der Waals surface area (Å²) in [6, 6.07) is 10.4. The molecule has 0 saturated heterocycles. The standard InChI is InChI=1S/C14H15BrN2O2S/c1-9-5-4-8-12(13(9)15)17-20(18,19)14-10(2)6-3-7-11(14)16/h3-8,17H,16H2,1-2H3. The highest BCUT2D eigenvalue weighted by molar-refractivity contribution is 9.10. The maximum absolute atomic E-state index is 12.5. The lowest BCUT2D eigenvalue weighted by Crippen LogP contribution is -2.16. The summed E-state index contributed by atoms with van der Waals surface area (Å²) in [6.45, 7) is 3.61. The molecular weight excluding hydrogens is 340 g/mol. The summed E-state index contributed by atoms with van der Waals surface area (Å²) in [4.78, 5) is 0.119. The zero-order chi connectivity index (χ0) is 14.9. The van der Waals surface area contributed by atoms with E-state index in [9.17, 15) is 8.42 Å². The van der Waals surface area contributed by atoms with Crippen molar-refractivity contribution in [2.45, 2.75) is 18.7 Å². The summed E-state index contributed by atoms with van der Waals surface area (Å²) in [5.41, 5.74) is 8.09. The summed E-state index contributed by atoms with van der Waals surface area (Å²) in [5, 5.41) is 0. The Morgan fingerprint density at radius 3 is 2.30 bits per heavy atom. The molecule has 3 N–H and O–H groups in total. The fraction of sp³-hybridized carbons (Fsp3) is 0.143. The van der Waals surface area contributed by atoms with Gasteiger partial charge in [0.25, 0.3) is 10.0 Å². The van der Waals surface area contributed by atoms with Gasteiger partial charge in [0.05, 0.1) is 11.4 Å². The topological polar surface area (TPSA) is 72.2 Å². The van der Waals surface area contributed by atoms with Crippen molar-refractivity contribution in [2.75, 3.05) is 10.5 Å². The van der Waals surface area contributed by atoms with Crippen molar-refractivity contribution < 1.29 is 8.42 Å². The van der Waals surface area contributed by atoms with Gasteiger partial charge < -0.3 is 5.73 Å². The summed E-state index contributed by atoms with van der Waals surface area (Å²) in [7, 11) is -3.72. The predicted molar refractivity (Wildman–Crippen MR) is 85.3 cm³/mol. The highest BCUT2D eigenvalue weighted by Crippen LogP contribution is 2.30. The molecule has 0 aromatic heterocycles. The first-order chi connectivity index (χ1) is 9.33. The number of aryl methyl sites for hydroxylation is 2. The Morgan fingerprint density at radius 1 is 1.05 bits per heavy atom. The van der Waals surface area contributed by atoms with Crippen molar-refractivity contribution >= 4 is 37.3 Å². The van der Waals surface area contributed by atoms with E-state index in [1.807, 2.05) is 13.0 Å². The SMILES string of the molecule is Cc1cccc(NS(=O)(=O)c2c(C)cccc2N)c1Br. The quantitative estimate of drug-likeness (QED) is 0.829. The van der Waals surface area contributed by atoms with Crippen LogP contribution in [0.25, 0.3) is 0 Å². The summed E-state index contributed by atoms with van der Waals surface area (Å²) >= 11 is 3.38. The van der Waals surface area contributed by atoms with Crippen molar-refractivity contribution in [3.63, 3.8) is 0 Å². The third-order valence-electron chi connectivity index (χ3n) is 2.95. The van der Waals surface area contributed by atoms with E-state index in [2.05, 4.69) is 20.7 Å². The lowest BCUT2D eigenvalue weighted by molar-refractivity contribution is 0.601. The van der Waals surface area contributed by atoms with Crippen LogP contribution in [0.5, 0.6) is 0 Å². The first-order valence-electron chi connectivity index (χ1n) is 5.96. The van der Waals surface area contributed by atoms with Crippen LogP contribution in [0.4, 0.5) is 11.4 Å². The van der Waals surface area contributed by atoms with Crippen LogP contribution in [-0.2, 0) is 10.0 Å². The minimum absolute atomic E-state index is 0.119. The van der Waals surface area contributed by atoms with Gasteiger partial charge in [0.2, 0.25) is 0 Å². The molecule has 6 heteroatoms. The van der Waals surface area contributed by atoms with Crippen LogP contribution in [0, 0.1) is 13.8 Å². The van der Waals surface area contributed by atoms with Crippen molar-refractivity contribution in [1.82, 2.24) is 0 Å². The molecule has 20 heavy (non-hydrogen) atoms. The van der Waals surface area contributed by atoms with Gasteiger partial charge in [0.1, 0.15) is 4.90 Å². The highest BCUT2D eigenvalue weighted by atomic mass is 79.9. The number of rotatable bonds is 3. The van der Waals surface area contributed by atoms with Crippen LogP contribution in [-0.4, -0.2) is 8.42 Å². The Hall–Kier alpha value is -1.53. The number of hydrogen-bond donors (Lipinski definition) is 2. The molecule has 0 unspecified atom stereocenters. The fourth-order valence-electron chi connectivity index (χ4n) is 1.96. The van der Waals surface area contributed by atoms with Crippen LogP contribution >= 0.6 is 15.9 Å². The Balaban J connectivity index is 2.50. The van der Waals surface area contributed by atoms with Crippen LogP contribution < -0.4 is 10.5 Å². The van der Waals surface area contributed by atoms with Crippen LogP contribution in [0.3, 0.4) is 0 Å². The summed E-state index contributed by atoms with van der Waals surface area (Å²) in [5.74, 6) is 0. The Morgan fingerprint density at radius 2 is 1.65 bits per heavy atom. The first-order valence-corrected chi connectivity index (χ1v) is 8.23. The summed E-state index contributed by atoms with van der Waals surface area (Å²) < 4.78 is 28.3. The second-order valence-electron chi connectivity index (χ2n) is 4.54. The van der Waals surface area contributed by atoms with Gasteiger partial charge in [-0.15, -0.1) is 0 Å². The van der Waals surface area contributed by atoms with Gasteiger partial charge in [-0.25, -0.2) is 8.42 Å². The van der Waals surface area contributed by atoms with Crippen molar-refractivity contribution in [3.8, 4) is 0 Å². The molecule has 4 nitrogen and oxygen atoms in total. The number of sulfonamides is 1. The Bertz CT molecular complexity index is 738. The maximum Gasteiger partial charge on any atom is 0.264 e. The second kappa shape index (κ2) is 5.46. The smallest absolute Gasteiger partial charge is 0.264 e. The van der Waals surface area contributed by atoms with Gasteiger partial charge in [0.15, 0.2) is 0 Å². The van der Waals surface area contributed by atoms with E-state index in [0.29, 0.717) is 11.3 Å². The summed E-state index contributed by atoms with van der Waals surface area (Å²) in [6.07, 6.45) is 0. The van der Waals surface area contributed by atoms with Crippen molar-refractivity contribution in [3.05, 3.63) is 52.0 Å². The number of halogens is 1. The average molecular weight is 355 g/mol. The van der Waals surface area contributed by atoms with E-state index < -0.39 is 10.0 Å². The second-order valence-corrected chi connectivity index (χ2v) is 6.95. The lowest BCUT2D eigenvalue weighted by Gasteiger charge is -2.14. The molecule has 0 aliphatic carbocycles. The normalized spacial score (nSPS) is 11.3. The largest absolute Gasteiger partial charge is 0.398 e. The average Bonchev–Trinajstić information content (AvgIpc) is 2.34. The van der Waals surface area contributed by atoms with E-state index in [4.69, 9.17) is 5.73 Å². The molecule has 0 aliphatic rings. The molecule has 0 atom stereocenters. The molecule has 2 aromatic carbocycles. The van der Waals surface area contributed by atoms with Crippen molar-refractivity contribution in [2.24, 2.45) is 0 Å². The van der Waals surface area contributed by atoms with Crippen molar-refractivity contribution in [1.29, 1.82) is 0 Å². The molecule has 0 aliphatic heterocycles. The zero-order valence-electron chi connectivity index (χ0n) is 11.1. The van der Waals surface area contributed by atoms with E-state index in [1.165, 1.54) is 0 Å². The Labute approximate surface area is 127 Å². The molecular formula is C14H15BrN2O2S. The van der Waals surface area contributed by atoms with Crippen LogP contribution in [0.15, 0.2) is 45.8 Å². The maximum atomic E-state index is 12.5. The van der Waals surface area contributed by atoms with Gasteiger partial charge in [-0.1, -0.05) is 24.3 Å². The molecule has 0 fully saturated rings. The molecule has 0 spiro atoms. The van der Waals surface area contributed by atoms with E-state index in [-0.39, 0.29) is 10.6 Å². The van der Waals surface area contributed by atoms with Gasteiger partial charge in [-0.3, -0.25) is 4.72 Å². The third kappa shape index (κ3) is 2.81. The van der Waals surface area contributed by atoms with Crippen LogP contribution in [0.2, 0.25) is 0 Å². The number of hydrogen-bond acceptors (Lipinski definition) is 3. The third-order valence-corrected chi connectivity index (χ3v) is 5.58. The minimum atomic E-state index is -3.72. The number of nitrogens with one attached hydrogen (secondary N) is 1. The molecule has 0 amide bonds. The molecule has 106 valence electrons. The molecule has 0 heterocycles. The first kappa shape index (κ1) is 14.9. The number of benzene rings is 2. The van der Waals surface area contributed by atoms with Gasteiger partial charge >= 0.3 is 0 Å². The molecule has 0 radical (unpaired) electrons. The van der Waals surface area contributed by atoms with Gasteiger partial charge in [0, 0.05) is 4.47 Å². The van der Waals surface area contributed by atoms with E-state index in [0.717, 1.165) is 10.0 Å². The molecule has 2 aromatic rings. The lowest BCUT2D eigenvalue weighted by atomic mass is 10.2. The zero-order valence-corrected chi connectivity index (χ0v) is 13.5. The molecule has 0 bridgehead atoms. The van der Waals surface area contributed by atoms with E-state index in [1.54, 1.807) is 37.3 Å².